The Morgan fingerprint density at radius 1 is 0.957 bits per heavy atom. The second-order valence-electron chi connectivity index (χ2n) is 4.49. The van der Waals surface area contributed by atoms with E-state index in [1.807, 2.05) is 0 Å². The number of rotatable bonds is 4. The van der Waals surface area contributed by atoms with Gasteiger partial charge in [-0.3, -0.25) is 4.31 Å². The highest BCUT2D eigenvalue weighted by molar-refractivity contribution is 7.93. The molecule has 9 heteroatoms. The summed E-state index contributed by atoms with van der Waals surface area (Å²) >= 11 is 23.9. The normalized spacial score (nSPS) is 11.4. The molecule has 0 bridgehead atoms. The molecule has 0 amide bonds. The first kappa shape index (κ1) is 18.5. The van der Waals surface area contributed by atoms with Gasteiger partial charge < -0.3 is 4.74 Å². The maximum atomic E-state index is 12.8. The fraction of sp³-hybridized carbons (Fsp3) is 0.143. The molecule has 4 nitrogen and oxygen atoms in total. The lowest BCUT2D eigenvalue weighted by Crippen LogP contribution is -2.26. The van der Waals surface area contributed by atoms with Crippen molar-refractivity contribution in [2.45, 2.75) is 4.90 Å². The SMILES string of the molecule is COc1ccc(S(=O)(=O)N(C)c2cc(Cl)cc(Cl)c2)c(Cl)c1Cl. The van der Waals surface area contributed by atoms with Gasteiger partial charge in [-0.2, -0.15) is 0 Å². The third-order valence-corrected chi connectivity index (χ3v) is 6.32. The van der Waals surface area contributed by atoms with Gasteiger partial charge in [-0.15, -0.1) is 0 Å². The molecule has 0 aliphatic carbocycles. The minimum atomic E-state index is -3.96. The Morgan fingerprint density at radius 2 is 1.52 bits per heavy atom. The average Bonchev–Trinajstić information content (AvgIpc) is 2.47. The Hall–Kier alpha value is -0.850. The van der Waals surface area contributed by atoms with Crippen LogP contribution in [0, 0.1) is 0 Å². The lowest BCUT2D eigenvalue weighted by Gasteiger charge is -2.21. The first-order chi connectivity index (χ1) is 10.7. The summed E-state index contributed by atoms with van der Waals surface area (Å²) < 4.78 is 31.6. The van der Waals surface area contributed by atoms with Gasteiger partial charge in [0.15, 0.2) is 0 Å². The minimum absolute atomic E-state index is 0.0211. The van der Waals surface area contributed by atoms with Crippen LogP contribution >= 0.6 is 46.4 Å². The van der Waals surface area contributed by atoms with Gasteiger partial charge in [0, 0.05) is 17.1 Å². The molecular formula is C14H11Cl4NO3S. The van der Waals surface area contributed by atoms with Crippen LogP contribution in [0.5, 0.6) is 5.75 Å². The van der Waals surface area contributed by atoms with Crippen LogP contribution in [-0.4, -0.2) is 22.6 Å². The van der Waals surface area contributed by atoms with Crippen LogP contribution in [0.25, 0.3) is 0 Å². The molecule has 0 unspecified atom stereocenters. The summed E-state index contributed by atoms with van der Waals surface area (Å²) in [4.78, 5) is -0.149. The van der Waals surface area contributed by atoms with Crippen LogP contribution in [-0.2, 0) is 10.0 Å². The summed E-state index contributed by atoms with van der Waals surface area (Å²) in [6, 6.07) is 7.21. The zero-order chi connectivity index (χ0) is 17.4. The highest BCUT2D eigenvalue weighted by Gasteiger charge is 2.27. The minimum Gasteiger partial charge on any atom is -0.495 e. The highest BCUT2D eigenvalue weighted by atomic mass is 35.5. The summed E-state index contributed by atoms with van der Waals surface area (Å²) in [5.74, 6) is 0.282. The molecule has 0 saturated heterocycles. The number of anilines is 1. The van der Waals surface area contributed by atoms with Crippen molar-refractivity contribution >= 4 is 62.1 Å². The van der Waals surface area contributed by atoms with E-state index < -0.39 is 10.0 Å². The number of benzene rings is 2. The topological polar surface area (TPSA) is 46.6 Å². The number of sulfonamides is 1. The van der Waals surface area contributed by atoms with Crippen LogP contribution in [0.15, 0.2) is 35.2 Å². The van der Waals surface area contributed by atoms with E-state index in [1.54, 1.807) is 0 Å². The zero-order valence-corrected chi connectivity index (χ0v) is 15.8. The zero-order valence-electron chi connectivity index (χ0n) is 12.0. The Morgan fingerprint density at radius 3 is 2.04 bits per heavy atom. The van der Waals surface area contributed by atoms with Crippen molar-refractivity contribution in [1.82, 2.24) is 0 Å². The molecule has 0 spiro atoms. The third-order valence-electron chi connectivity index (χ3n) is 3.08. The monoisotopic (exact) mass is 413 g/mol. The third kappa shape index (κ3) is 3.64. The van der Waals surface area contributed by atoms with Crippen molar-refractivity contribution in [3.8, 4) is 5.75 Å². The summed E-state index contributed by atoms with van der Waals surface area (Å²) in [6.07, 6.45) is 0. The van der Waals surface area contributed by atoms with E-state index in [-0.39, 0.29) is 20.7 Å². The van der Waals surface area contributed by atoms with Crippen molar-refractivity contribution in [1.29, 1.82) is 0 Å². The maximum absolute atomic E-state index is 12.8. The Balaban J connectivity index is 2.56. The van der Waals surface area contributed by atoms with Gasteiger partial charge in [0.25, 0.3) is 10.0 Å². The molecule has 2 aromatic carbocycles. The summed E-state index contributed by atoms with van der Waals surface area (Å²) in [5.41, 5.74) is 0.297. The van der Waals surface area contributed by atoms with E-state index in [2.05, 4.69) is 0 Å². The fourth-order valence-electron chi connectivity index (χ4n) is 1.88. The van der Waals surface area contributed by atoms with E-state index in [4.69, 9.17) is 51.1 Å². The smallest absolute Gasteiger partial charge is 0.265 e. The first-order valence-corrected chi connectivity index (χ1v) is 9.10. The molecule has 0 fully saturated rings. The number of hydrogen-bond acceptors (Lipinski definition) is 3. The lowest BCUT2D eigenvalue weighted by atomic mass is 10.3. The number of hydrogen-bond donors (Lipinski definition) is 0. The average molecular weight is 415 g/mol. The molecule has 124 valence electrons. The predicted octanol–water partition coefficient (Wildman–Crippen LogP) is 5.13. The Kier molecular flexibility index (Phi) is 5.59. The fourth-order valence-corrected chi connectivity index (χ4v) is 4.39. The highest BCUT2D eigenvalue weighted by Crippen LogP contribution is 2.38. The van der Waals surface area contributed by atoms with Gasteiger partial charge in [-0.25, -0.2) is 8.42 Å². The van der Waals surface area contributed by atoms with Gasteiger partial charge in [-0.1, -0.05) is 46.4 Å². The van der Waals surface area contributed by atoms with Gasteiger partial charge in [-0.05, 0) is 30.3 Å². The number of nitrogens with zero attached hydrogens (tertiary/aromatic N) is 1. The van der Waals surface area contributed by atoms with Crippen LogP contribution in [0.2, 0.25) is 20.1 Å². The Bertz CT molecular complexity index is 835. The molecule has 0 atom stereocenters. The van der Waals surface area contributed by atoms with Crippen molar-refractivity contribution in [3.05, 3.63) is 50.4 Å². The second-order valence-corrected chi connectivity index (χ2v) is 8.06. The van der Waals surface area contributed by atoms with Crippen molar-refractivity contribution in [3.63, 3.8) is 0 Å². The molecular weight excluding hydrogens is 404 g/mol. The maximum Gasteiger partial charge on any atom is 0.265 e. The molecule has 0 radical (unpaired) electrons. The van der Waals surface area contributed by atoms with Crippen LogP contribution in [0.4, 0.5) is 5.69 Å². The Labute approximate surface area is 154 Å². The largest absolute Gasteiger partial charge is 0.495 e. The molecule has 23 heavy (non-hydrogen) atoms. The van der Waals surface area contributed by atoms with Gasteiger partial charge in [0.2, 0.25) is 0 Å². The van der Waals surface area contributed by atoms with Crippen molar-refractivity contribution < 1.29 is 13.2 Å². The van der Waals surface area contributed by atoms with Crippen molar-refractivity contribution in [2.24, 2.45) is 0 Å². The molecule has 0 aliphatic rings. The molecule has 0 heterocycles. The molecule has 2 rings (SSSR count). The molecule has 0 aromatic heterocycles. The number of ether oxygens (including phenoxy) is 1. The van der Waals surface area contributed by atoms with Gasteiger partial charge in [0.1, 0.15) is 15.7 Å². The van der Waals surface area contributed by atoms with E-state index >= 15 is 0 Å². The predicted molar refractivity (Wildman–Crippen MR) is 95.1 cm³/mol. The van der Waals surface area contributed by atoms with Crippen LogP contribution in [0.3, 0.4) is 0 Å². The van der Waals surface area contributed by atoms with E-state index in [9.17, 15) is 8.42 Å². The summed E-state index contributed by atoms with van der Waals surface area (Å²) in [6.45, 7) is 0. The second kappa shape index (κ2) is 6.95. The van der Waals surface area contributed by atoms with Gasteiger partial charge >= 0.3 is 0 Å². The lowest BCUT2D eigenvalue weighted by molar-refractivity contribution is 0.414. The number of halogens is 4. The van der Waals surface area contributed by atoms with Crippen LogP contribution in [0.1, 0.15) is 0 Å². The standard InChI is InChI=1S/C14H11Cl4NO3S/c1-19(10-6-8(15)5-9(16)7-10)23(20,21)12-4-3-11(22-2)13(17)14(12)18/h3-7H,1-2H3. The number of methoxy groups -OCH3 is 1. The quantitative estimate of drug-likeness (QED) is 0.696. The van der Waals surface area contributed by atoms with Crippen molar-refractivity contribution in [2.75, 3.05) is 18.5 Å². The van der Waals surface area contributed by atoms with E-state index in [1.165, 1.54) is 44.5 Å². The molecule has 0 aliphatic heterocycles. The molecule has 2 aromatic rings. The summed E-state index contributed by atoms with van der Waals surface area (Å²) in [5, 5.41) is 0.528. The van der Waals surface area contributed by atoms with E-state index in [0.717, 1.165) is 4.31 Å². The first-order valence-electron chi connectivity index (χ1n) is 6.15. The molecule has 0 N–H and O–H groups in total. The summed E-state index contributed by atoms with van der Waals surface area (Å²) in [7, 11) is -1.18. The van der Waals surface area contributed by atoms with Gasteiger partial charge in [0.05, 0.1) is 17.8 Å². The molecule has 0 saturated carbocycles. The van der Waals surface area contributed by atoms with Crippen LogP contribution < -0.4 is 9.04 Å². The van der Waals surface area contributed by atoms with E-state index in [0.29, 0.717) is 15.7 Å².